The summed E-state index contributed by atoms with van der Waals surface area (Å²) in [7, 11) is 1.84. The normalized spacial score (nSPS) is 17.0. The molecule has 1 aliphatic rings. The Bertz CT molecular complexity index is 502. The van der Waals surface area contributed by atoms with E-state index < -0.39 is 0 Å². The van der Waals surface area contributed by atoms with Crippen molar-refractivity contribution in [1.82, 2.24) is 14.8 Å². The molecule has 0 radical (unpaired) electrons. The second-order valence-electron chi connectivity index (χ2n) is 5.46. The van der Waals surface area contributed by atoms with E-state index in [1.807, 2.05) is 7.05 Å². The van der Waals surface area contributed by atoms with Crippen molar-refractivity contribution >= 4 is 29.1 Å². The summed E-state index contributed by atoms with van der Waals surface area (Å²) in [4.78, 5) is 20.7. The van der Waals surface area contributed by atoms with E-state index in [1.54, 1.807) is 17.0 Å². The van der Waals surface area contributed by atoms with Crippen LogP contribution in [0.1, 0.15) is 36.5 Å². The van der Waals surface area contributed by atoms with E-state index in [0.717, 1.165) is 32.5 Å². The largest absolute Gasteiger partial charge is 0.339 e. The maximum atomic E-state index is 12.5. The van der Waals surface area contributed by atoms with Crippen molar-refractivity contribution in [2.24, 2.45) is 0 Å². The van der Waals surface area contributed by atoms with Gasteiger partial charge in [0, 0.05) is 26.2 Å². The molecule has 21 heavy (non-hydrogen) atoms. The smallest absolute Gasteiger partial charge is 0.256 e. The van der Waals surface area contributed by atoms with Gasteiger partial charge in [-0.05, 0) is 37.9 Å². The summed E-state index contributed by atoms with van der Waals surface area (Å²) in [5, 5.41) is 0.467. The summed E-state index contributed by atoms with van der Waals surface area (Å²) in [6, 6.07) is 3.50. The van der Waals surface area contributed by atoms with Crippen molar-refractivity contribution in [3.8, 4) is 0 Å². The first-order valence-corrected chi connectivity index (χ1v) is 8.10. The average Bonchev–Trinajstić information content (AvgIpc) is 2.47. The van der Waals surface area contributed by atoms with Crippen molar-refractivity contribution in [1.29, 1.82) is 0 Å². The number of carbonyl (C=O) groups is 1. The number of hydrogen-bond acceptors (Lipinski definition) is 3. The summed E-state index contributed by atoms with van der Waals surface area (Å²) in [6.45, 7) is 5.42. The van der Waals surface area contributed by atoms with E-state index >= 15 is 0 Å². The molecule has 2 heterocycles. The lowest BCUT2D eigenvalue weighted by atomic mass is 10.0. The van der Waals surface area contributed by atoms with E-state index in [2.05, 4.69) is 16.8 Å². The van der Waals surface area contributed by atoms with E-state index in [-0.39, 0.29) is 17.1 Å². The van der Waals surface area contributed by atoms with Crippen LogP contribution in [0.3, 0.4) is 0 Å². The Hall–Kier alpha value is -0.840. The molecule has 1 aromatic heterocycles. The van der Waals surface area contributed by atoms with Crippen molar-refractivity contribution in [2.75, 3.05) is 26.7 Å². The van der Waals surface area contributed by atoms with Crippen molar-refractivity contribution in [3.05, 3.63) is 28.0 Å². The molecule has 0 spiro atoms. The molecule has 1 saturated heterocycles. The number of carbonyl (C=O) groups excluding carboxylic acids is 1. The predicted molar refractivity (Wildman–Crippen MR) is 86.1 cm³/mol. The van der Waals surface area contributed by atoms with Crippen LogP contribution in [0.5, 0.6) is 0 Å². The Morgan fingerprint density at radius 2 is 2.05 bits per heavy atom. The van der Waals surface area contributed by atoms with Crippen molar-refractivity contribution < 1.29 is 4.79 Å². The number of hydrogen-bond donors (Lipinski definition) is 0. The van der Waals surface area contributed by atoms with Crippen LogP contribution in [-0.2, 0) is 0 Å². The van der Waals surface area contributed by atoms with Crippen molar-refractivity contribution in [2.45, 2.75) is 32.2 Å². The van der Waals surface area contributed by atoms with Gasteiger partial charge in [-0.1, -0.05) is 30.1 Å². The van der Waals surface area contributed by atoms with Gasteiger partial charge in [0.2, 0.25) is 0 Å². The molecule has 0 unspecified atom stereocenters. The van der Waals surface area contributed by atoms with Gasteiger partial charge in [0.05, 0.1) is 5.56 Å². The highest BCUT2D eigenvalue weighted by Gasteiger charge is 2.26. The fraction of sp³-hybridized carbons (Fsp3) is 0.600. The number of amides is 1. The van der Waals surface area contributed by atoms with Crippen LogP contribution in [-0.4, -0.2) is 53.4 Å². The van der Waals surface area contributed by atoms with Gasteiger partial charge in [-0.2, -0.15) is 0 Å². The molecule has 0 aliphatic carbocycles. The highest BCUT2D eigenvalue weighted by Crippen LogP contribution is 2.22. The molecule has 1 fully saturated rings. The number of rotatable bonds is 4. The summed E-state index contributed by atoms with van der Waals surface area (Å²) >= 11 is 11.8. The minimum atomic E-state index is -0.0851. The van der Waals surface area contributed by atoms with Crippen LogP contribution in [0, 0.1) is 0 Å². The number of halogens is 2. The van der Waals surface area contributed by atoms with Crippen LogP contribution in [0.25, 0.3) is 0 Å². The fourth-order valence-electron chi connectivity index (χ4n) is 2.77. The van der Waals surface area contributed by atoms with Gasteiger partial charge in [-0.3, -0.25) is 4.79 Å². The molecular weight excluding hydrogens is 309 g/mol. The van der Waals surface area contributed by atoms with E-state index in [0.29, 0.717) is 10.7 Å². The van der Waals surface area contributed by atoms with Gasteiger partial charge in [-0.15, -0.1) is 0 Å². The standard InChI is InChI=1S/C15H21Cl2N3O/c1-3-8-20-9-6-11(7-10-20)19(2)15(21)12-4-5-13(16)18-14(12)17/h4-5,11H,3,6-10H2,1-2H3. The third-order valence-electron chi connectivity index (χ3n) is 4.01. The molecule has 116 valence electrons. The van der Waals surface area contributed by atoms with Crippen LogP contribution in [0.15, 0.2) is 12.1 Å². The second-order valence-corrected chi connectivity index (χ2v) is 6.21. The van der Waals surface area contributed by atoms with Crippen LogP contribution in [0.2, 0.25) is 10.3 Å². The van der Waals surface area contributed by atoms with Gasteiger partial charge >= 0.3 is 0 Å². The SMILES string of the molecule is CCCN1CCC(N(C)C(=O)c2ccc(Cl)nc2Cl)CC1. The maximum Gasteiger partial charge on any atom is 0.256 e. The minimum Gasteiger partial charge on any atom is -0.339 e. The number of aromatic nitrogens is 1. The summed E-state index contributed by atoms with van der Waals surface area (Å²) in [5.74, 6) is -0.0851. The first-order valence-electron chi connectivity index (χ1n) is 7.34. The third-order valence-corrected chi connectivity index (χ3v) is 4.51. The fourth-order valence-corrected chi connectivity index (χ4v) is 3.20. The van der Waals surface area contributed by atoms with E-state index in [9.17, 15) is 4.79 Å². The van der Waals surface area contributed by atoms with Gasteiger partial charge in [-0.25, -0.2) is 4.98 Å². The Balaban J connectivity index is 2.00. The summed E-state index contributed by atoms with van der Waals surface area (Å²) < 4.78 is 0. The van der Waals surface area contributed by atoms with Crippen LogP contribution >= 0.6 is 23.2 Å². The Morgan fingerprint density at radius 3 is 2.62 bits per heavy atom. The number of likely N-dealkylation sites (tertiary alicyclic amines) is 1. The van der Waals surface area contributed by atoms with Gasteiger partial charge in [0.15, 0.2) is 0 Å². The van der Waals surface area contributed by atoms with Gasteiger partial charge < -0.3 is 9.80 Å². The van der Waals surface area contributed by atoms with Gasteiger partial charge in [0.1, 0.15) is 10.3 Å². The monoisotopic (exact) mass is 329 g/mol. The molecule has 0 bridgehead atoms. The molecule has 0 saturated carbocycles. The Labute approximate surface area is 136 Å². The lowest BCUT2D eigenvalue weighted by molar-refractivity contribution is 0.0642. The zero-order valence-corrected chi connectivity index (χ0v) is 14.0. The zero-order chi connectivity index (χ0) is 15.4. The first-order chi connectivity index (χ1) is 10.0. The lowest BCUT2D eigenvalue weighted by Gasteiger charge is -2.36. The number of nitrogens with zero attached hydrogens (tertiary/aromatic N) is 3. The summed E-state index contributed by atoms with van der Waals surface area (Å²) in [5.41, 5.74) is 0.416. The third kappa shape index (κ3) is 4.09. The second kappa shape index (κ2) is 7.43. The maximum absolute atomic E-state index is 12.5. The average molecular weight is 330 g/mol. The first kappa shape index (κ1) is 16.5. The molecule has 0 aromatic carbocycles. The van der Waals surface area contributed by atoms with Crippen LogP contribution in [0.4, 0.5) is 0 Å². The molecule has 2 rings (SSSR count). The highest BCUT2D eigenvalue weighted by molar-refractivity contribution is 6.34. The van der Waals surface area contributed by atoms with Crippen LogP contribution < -0.4 is 0 Å². The molecule has 1 amide bonds. The minimum absolute atomic E-state index is 0.0851. The molecule has 6 heteroatoms. The quantitative estimate of drug-likeness (QED) is 0.795. The molecular formula is C15H21Cl2N3O. The molecule has 4 nitrogen and oxygen atoms in total. The summed E-state index contributed by atoms with van der Waals surface area (Å²) in [6.07, 6.45) is 3.17. The van der Waals surface area contributed by atoms with Gasteiger partial charge in [0.25, 0.3) is 5.91 Å². The molecule has 1 aliphatic heterocycles. The number of piperidine rings is 1. The highest BCUT2D eigenvalue weighted by atomic mass is 35.5. The Morgan fingerprint density at radius 1 is 1.38 bits per heavy atom. The Kier molecular flexibility index (Phi) is 5.85. The molecule has 1 aromatic rings. The molecule has 0 atom stereocenters. The number of pyridine rings is 1. The van der Waals surface area contributed by atoms with E-state index in [4.69, 9.17) is 23.2 Å². The zero-order valence-electron chi connectivity index (χ0n) is 12.5. The van der Waals surface area contributed by atoms with E-state index in [1.165, 1.54) is 6.42 Å². The van der Waals surface area contributed by atoms with Crippen molar-refractivity contribution in [3.63, 3.8) is 0 Å². The predicted octanol–water partition coefficient (Wildman–Crippen LogP) is 3.33. The molecule has 0 N–H and O–H groups in total. The lowest BCUT2D eigenvalue weighted by Crippen LogP contribution is -2.45. The topological polar surface area (TPSA) is 36.4 Å².